The van der Waals surface area contributed by atoms with Crippen molar-refractivity contribution in [1.29, 1.82) is 0 Å². The number of aryl methyl sites for hydroxylation is 1. The smallest absolute Gasteiger partial charge is 0.236 e. The van der Waals surface area contributed by atoms with Gasteiger partial charge in [-0.2, -0.15) is 0 Å². The van der Waals surface area contributed by atoms with Crippen LogP contribution in [0.5, 0.6) is 0 Å². The third kappa shape index (κ3) is 2.78. The van der Waals surface area contributed by atoms with Crippen LogP contribution < -0.4 is 0 Å². The molecule has 0 spiro atoms. The van der Waals surface area contributed by atoms with Crippen LogP contribution in [0.4, 0.5) is 0 Å². The van der Waals surface area contributed by atoms with Gasteiger partial charge in [-0.05, 0) is 25.5 Å². The molecule has 0 saturated carbocycles. The second kappa shape index (κ2) is 5.49. The van der Waals surface area contributed by atoms with E-state index < -0.39 is 0 Å². The summed E-state index contributed by atoms with van der Waals surface area (Å²) in [6.45, 7) is 8.72. The lowest BCUT2D eigenvalue weighted by Gasteiger charge is -2.02. The summed E-state index contributed by atoms with van der Waals surface area (Å²) in [5, 5.41) is 0. The molecule has 82 valence electrons. The highest BCUT2D eigenvalue weighted by atomic mass is 16.5. The third-order valence-electron chi connectivity index (χ3n) is 2.01. The van der Waals surface area contributed by atoms with Gasteiger partial charge in [-0.15, -0.1) is 0 Å². The fourth-order valence-electron chi connectivity index (χ4n) is 1.31. The van der Waals surface area contributed by atoms with Crippen LogP contribution >= 0.6 is 0 Å². The fraction of sp³-hybridized carbons (Fsp3) is 0.500. The van der Waals surface area contributed by atoms with Crippen LogP contribution in [-0.2, 0) is 4.74 Å². The van der Waals surface area contributed by atoms with E-state index in [0.29, 0.717) is 12.5 Å². The third-order valence-corrected chi connectivity index (χ3v) is 2.01. The van der Waals surface area contributed by atoms with Crippen molar-refractivity contribution in [3.05, 3.63) is 29.6 Å². The number of aliphatic imine (C=N–C) groups is 1. The Labute approximate surface area is 91.2 Å². The first kappa shape index (κ1) is 11.7. The summed E-state index contributed by atoms with van der Waals surface area (Å²) in [4.78, 5) is 8.59. The number of hydrogen-bond acceptors (Lipinski definition) is 3. The predicted octanol–water partition coefficient (Wildman–Crippen LogP) is 2.58. The van der Waals surface area contributed by atoms with E-state index in [2.05, 4.69) is 9.98 Å². The average molecular weight is 206 g/mol. The normalized spacial score (nSPS) is 18.7. The van der Waals surface area contributed by atoms with Gasteiger partial charge in [-0.25, -0.2) is 4.99 Å². The maximum absolute atomic E-state index is 5.42. The van der Waals surface area contributed by atoms with E-state index in [-0.39, 0.29) is 6.04 Å². The Hall–Kier alpha value is -1.38. The van der Waals surface area contributed by atoms with Crippen molar-refractivity contribution in [2.75, 3.05) is 6.61 Å². The minimum atomic E-state index is 0.261. The fourth-order valence-corrected chi connectivity index (χ4v) is 1.31. The first-order valence-corrected chi connectivity index (χ1v) is 5.40. The van der Waals surface area contributed by atoms with Crippen molar-refractivity contribution < 1.29 is 4.74 Å². The highest BCUT2D eigenvalue weighted by Crippen LogP contribution is 2.12. The minimum absolute atomic E-state index is 0.261. The quantitative estimate of drug-likeness (QED) is 0.707. The first-order valence-electron chi connectivity index (χ1n) is 5.40. The zero-order valence-corrected chi connectivity index (χ0v) is 9.82. The van der Waals surface area contributed by atoms with Gasteiger partial charge in [-0.3, -0.25) is 4.98 Å². The van der Waals surface area contributed by atoms with Crippen molar-refractivity contribution in [3.63, 3.8) is 0 Å². The number of nitrogens with zero attached hydrogens (tertiary/aromatic N) is 2. The Morgan fingerprint density at radius 3 is 2.67 bits per heavy atom. The van der Waals surface area contributed by atoms with Crippen LogP contribution in [0.1, 0.15) is 32.0 Å². The van der Waals surface area contributed by atoms with Gasteiger partial charge in [0.1, 0.15) is 12.3 Å². The highest BCUT2D eigenvalue weighted by Gasteiger charge is 2.18. The molecule has 1 aliphatic rings. The van der Waals surface area contributed by atoms with E-state index in [1.165, 1.54) is 0 Å². The molecule has 0 amide bonds. The van der Waals surface area contributed by atoms with Gasteiger partial charge in [0.15, 0.2) is 0 Å². The van der Waals surface area contributed by atoms with Gasteiger partial charge in [0.05, 0.1) is 6.04 Å². The SMILES string of the molecule is CC.Cc1cccnc1C1=NC(C)CO1. The Morgan fingerprint density at radius 2 is 2.13 bits per heavy atom. The summed E-state index contributed by atoms with van der Waals surface area (Å²) in [6, 6.07) is 4.19. The lowest BCUT2D eigenvalue weighted by atomic mass is 10.2. The largest absolute Gasteiger partial charge is 0.474 e. The van der Waals surface area contributed by atoms with Crippen molar-refractivity contribution in [2.45, 2.75) is 33.7 Å². The molecule has 1 atom stereocenters. The van der Waals surface area contributed by atoms with Crippen LogP contribution in [-0.4, -0.2) is 23.5 Å². The van der Waals surface area contributed by atoms with Crippen molar-refractivity contribution in [1.82, 2.24) is 4.98 Å². The molecule has 0 bridgehead atoms. The highest BCUT2D eigenvalue weighted by molar-refractivity contribution is 5.94. The second-order valence-corrected chi connectivity index (χ2v) is 3.26. The monoisotopic (exact) mass is 206 g/mol. The number of hydrogen-bond donors (Lipinski definition) is 0. The summed E-state index contributed by atoms with van der Waals surface area (Å²) in [5.41, 5.74) is 1.97. The number of aromatic nitrogens is 1. The Morgan fingerprint density at radius 1 is 1.40 bits per heavy atom. The minimum Gasteiger partial charge on any atom is -0.474 e. The number of ether oxygens (including phenoxy) is 1. The van der Waals surface area contributed by atoms with E-state index in [9.17, 15) is 0 Å². The Bertz CT molecular complexity index is 347. The average Bonchev–Trinajstić information content (AvgIpc) is 2.68. The molecule has 3 nitrogen and oxygen atoms in total. The molecule has 3 heteroatoms. The molecule has 0 aromatic carbocycles. The molecule has 0 N–H and O–H groups in total. The molecule has 1 unspecified atom stereocenters. The maximum atomic E-state index is 5.42. The lowest BCUT2D eigenvalue weighted by molar-refractivity contribution is 0.323. The molecule has 15 heavy (non-hydrogen) atoms. The van der Waals surface area contributed by atoms with Gasteiger partial charge in [0.25, 0.3) is 0 Å². The molecule has 1 aromatic heterocycles. The van der Waals surface area contributed by atoms with E-state index >= 15 is 0 Å². The summed E-state index contributed by atoms with van der Waals surface area (Å²) >= 11 is 0. The lowest BCUT2D eigenvalue weighted by Crippen LogP contribution is -2.06. The molecule has 0 fully saturated rings. The van der Waals surface area contributed by atoms with Crippen molar-refractivity contribution in [3.8, 4) is 0 Å². The van der Waals surface area contributed by atoms with Gasteiger partial charge >= 0.3 is 0 Å². The molecule has 1 aromatic rings. The molecular weight excluding hydrogens is 188 g/mol. The molecule has 0 aliphatic carbocycles. The van der Waals surface area contributed by atoms with E-state index in [4.69, 9.17) is 4.74 Å². The van der Waals surface area contributed by atoms with E-state index in [0.717, 1.165) is 11.3 Å². The van der Waals surface area contributed by atoms with Gasteiger partial charge in [-0.1, -0.05) is 19.9 Å². The standard InChI is InChI=1S/C10H12N2O.C2H6/c1-7-4-3-5-11-9(7)10-12-8(2)6-13-10;1-2/h3-5,8H,6H2,1-2H3;1-2H3. The maximum Gasteiger partial charge on any atom is 0.236 e. The van der Waals surface area contributed by atoms with E-state index in [1.54, 1.807) is 6.20 Å². The van der Waals surface area contributed by atoms with E-state index in [1.807, 2.05) is 39.8 Å². The molecule has 2 rings (SSSR count). The van der Waals surface area contributed by atoms with Crippen LogP contribution in [0, 0.1) is 6.92 Å². The Kier molecular flexibility index (Phi) is 4.28. The molecule has 2 heterocycles. The topological polar surface area (TPSA) is 34.5 Å². The Balaban J connectivity index is 0.000000531. The second-order valence-electron chi connectivity index (χ2n) is 3.26. The van der Waals surface area contributed by atoms with Crippen molar-refractivity contribution >= 4 is 5.90 Å². The summed E-state index contributed by atoms with van der Waals surface area (Å²) in [7, 11) is 0. The summed E-state index contributed by atoms with van der Waals surface area (Å²) in [6.07, 6.45) is 1.76. The molecule has 1 aliphatic heterocycles. The van der Waals surface area contributed by atoms with Crippen LogP contribution in [0.2, 0.25) is 0 Å². The first-order chi connectivity index (χ1) is 7.27. The molecule has 0 radical (unpaired) electrons. The summed E-state index contributed by atoms with van der Waals surface area (Å²) < 4.78 is 5.42. The van der Waals surface area contributed by atoms with Crippen LogP contribution in [0.15, 0.2) is 23.3 Å². The van der Waals surface area contributed by atoms with Gasteiger partial charge in [0.2, 0.25) is 5.90 Å². The number of pyridine rings is 1. The molecular formula is C12H18N2O. The van der Waals surface area contributed by atoms with Gasteiger partial charge < -0.3 is 4.74 Å². The van der Waals surface area contributed by atoms with Crippen LogP contribution in [0.3, 0.4) is 0 Å². The van der Waals surface area contributed by atoms with Crippen molar-refractivity contribution in [2.24, 2.45) is 4.99 Å². The van der Waals surface area contributed by atoms with Gasteiger partial charge in [0, 0.05) is 6.20 Å². The zero-order chi connectivity index (χ0) is 11.3. The molecule has 0 saturated heterocycles. The number of rotatable bonds is 1. The van der Waals surface area contributed by atoms with Crippen LogP contribution in [0.25, 0.3) is 0 Å². The summed E-state index contributed by atoms with van der Waals surface area (Å²) in [5.74, 6) is 0.686. The zero-order valence-electron chi connectivity index (χ0n) is 9.82. The predicted molar refractivity (Wildman–Crippen MR) is 62.3 cm³/mol.